The summed E-state index contributed by atoms with van der Waals surface area (Å²) in [6.45, 7) is 4.82. The van der Waals surface area contributed by atoms with Gasteiger partial charge in [-0.2, -0.15) is 0 Å². The van der Waals surface area contributed by atoms with Gasteiger partial charge in [0.1, 0.15) is 0 Å². The summed E-state index contributed by atoms with van der Waals surface area (Å²) in [6, 6.07) is 14.5. The highest BCUT2D eigenvalue weighted by Gasteiger charge is 2.47. The summed E-state index contributed by atoms with van der Waals surface area (Å²) in [5.74, 6) is 1.06. The van der Waals surface area contributed by atoms with E-state index in [9.17, 15) is 4.79 Å². The van der Waals surface area contributed by atoms with E-state index in [-0.39, 0.29) is 5.91 Å². The molecule has 0 saturated carbocycles. The van der Waals surface area contributed by atoms with Gasteiger partial charge in [-0.3, -0.25) is 9.69 Å². The molecule has 5 heteroatoms. The first-order chi connectivity index (χ1) is 13.0. The van der Waals surface area contributed by atoms with E-state index in [2.05, 4.69) is 48.5 Å². The zero-order chi connectivity index (χ0) is 19.1. The van der Waals surface area contributed by atoms with Crippen molar-refractivity contribution in [2.24, 2.45) is 11.8 Å². The minimum absolute atomic E-state index is 0.0717. The Labute approximate surface area is 166 Å². The molecule has 4 rings (SSSR count). The van der Waals surface area contributed by atoms with Gasteiger partial charge >= 0.3 is 0 Å². The Kier molecular flexibility index (Phi) is 4.87. The van der Waals surface area contributed by atoms with Crippen LogP contribution in [-0.2, 0) is 0 Å². The van der Waals surface area contributed by atoms with Crippen molar-refractivity contribution in [3.63, 3.8) is 0 Å². The number of nitrogens with one attached hydrogen (secondary N) is 1. The van der Waals surface area contributed by atoms with Crippen molar-refractivity contribution in [2.45, 2.75) is 13.0 Å². The summed E-state index contributed by atoms with van der Waals surface area (Å²) in [5.41, 5.74) is 4.20. The van der Waals surface area contributed by atoms with Gasteiger partial charge in [0.15, 0.2) is 0 Å². The van der Waals surface area contributed by atoms with Crippen LogP contribution in [0.25, 0.3) is 0 Å². The van der Waals surface area contributed by atoms with Gasteiger partial charge in [-0.25, -0.2) is 0 Å². The zero-order valence-corrected chi connectivity index (χ0v) is 16.8. The maximum atomic E-state index is 13.2. The number of hydrogen-bond donors (Lipinski definition) is 1. The number of carbonyl (C=O) groups is 1. The first kappa shape index (κ1) is 18.3. The van der Waals surface area contributed by atoms with Crippen molar-refractivity contribution in [1.29, 1.82) is 0 Å². The molecule has 2 aromatic carbocycles. The molecule has 0 radical (unpaired) electrons. The third-order valence-corrected chi connectivity index (χ3v) is 6.41. The average Bonchev–Trinajstić information content (AvgIpc) is 3.18. The maximum absolute atomic E-state index is 13.2. The lowest BCUT2D eigenvalue weighted by Crippen LogP contribution is -2.34. The van der Waals surface area contributed by atoms with E-state index >= 15 is 0 Å². The molecular formula is C22H26ClN3O. The van der Waals surface area contributed by atoms with Gasteiger partial charge in [-0.05, 0) is 49.2 Å². The molecule has 3 atom stereocenters. The SMILES string of the molecule is CNc1ccc(Cl)cc1C(=O)N1C[C@@H]2CN(C)[C@@H](c3ccccc3C)[C@@H]2C1. The molecule has 0 bridgehead atoms. The van der Waals surface area contributed by atoms with Crippen LogP contribution in [-0.4, -0.2) is 49.4 Å². The minimum atomic E-state index is 0.0717. The molecule has 0 aromatic heterocycles. The number of anilines is 1. The predicted octanol–water partition coefficient (Wildman–Crippen LogP) is 4.07. The highest BCUT2D eigenvalue weighted by molar-refractivity contribution is 6.31. The Hall–Kier alpha value is -2.04. The molecule has 2 heterocycles. The van der Waals surface area contributed by atoms with Crippen molar-refractivity contribution in [2.75, 3.05) is 39.0 Å². The molecule has 2 fully saturated rings. The molecule has 4 nitrogen and oxygen atoms in total. The van der Waals surface area contributed by atoms with Crippen molar-refractivity contribution in [3.8, 4) is 0 Å². The number of hydrogen-bond acceptors (Lipinski definition) is 3. The quantitative estimate of drug-likeness (QED) is 0.867. The van der Waals surface area contributed by atoms with Gasteiger partial charge in [0, 0.05) is 49.4 Å². The standard InChI is InChI=1S/C22H26ClN3O/c1-14-6-4-5-7-17(14)21-19-13-26(12-15(19)11-25(21)3)22(27)18-10-16(23)8-9-20(18)24-2/h4-10,15,19,21,24H,11-13H2,1-3H3/t15-,19+,21-/m0/s1. The molecule has 2 aliphatic rings. The Bertz CT molecular complexity index is 868. The molecule has 0 aliphatic carbocycles. The molecule has 27 heavy (non-hydrogen) atoms. The van der Waals surface area contributed by atoms with E-state index in [1.807, 2.05) is 24.1 Å². The Morgan fingerprint density at radius 1 is 1.15 bits per heavy atom. The van der Waals surface area contributed by atoms with Gasteiger partial charge < -0.3 is 10.2 Å². The van der Waals surface area contributed by atoms with Crippen LogP contribution >= 0.6 is 11.6 Å². The second-order valence-electron chi connectivity index (χ2n) is 7.81. The van der Waals surface area contributed by atoms with E-state index in [1.165, 1.54) is 11.1 Å². The van der Waals surface area contributed by atoms with Crippen LogP contribution in [0.5, 0.6) is 0 Å². The lowest BCUT2D eigenvalue weighted by molar-refractivity contribution is 0.0769. The van der Waals surface area contributed by atoms with Crippen LogP contribution in [0.4, 0.5) is 5.69 Å². The first-order valence-electron chi connectivity index (χ1n) is 9.52. The zero-order valence-electron chi connectivity index (χ0n) is 16.1. The van der Waals surface area contributed by atoms with Crippen LogP contribution < -0.4 is 5.32 Å². The summed E-state index contributed by atoms with van der Waals surface area (Å²) in [5, 5.41) is 3.70. The molecule has 0 unspecified atom stereocenters. The topological polar surface area (TPSA) is 35.6 Å². The fraction of sp³-hybridized carbons (Fsp3) is 0.409. The third kappa shape index (κ3) is 3.21. The normalized spacial score (nSPS) is 24.9. The van der Waals surface area contributed by atoms with Crippen LogP contribution in [0.2, 0.25) is 5.02 Å². The lowest BCUT2D eigenvalue weighted by atomic mass is 9.88. The number of carbonyl (C=O) groups excluding carboxylic acids is 1. The molecule has 1 N–H and O–H groups in total. The van der Waals surface area contributed by atoms with E-state index in [0.717, 1.165) is 25.3 Å². The summed E-state index contributed by atoms with van der Waals surface area (Å²) in [7, 11) is 4.04. The molecular weight excluding hydrogens is 358 g/mol. The smallest absolute Gasteiger partial charge is 0.256 e. The van der Waals surface area contributed by atoms with Gasteiger partial charge in [0.25, 0.3) is 5.91 Å². The van der Waals surface area contributed by atoms with Crippen molar-refractivity contribution in [1.82, 2.24) is 9.80 Å². The van der Waals surface area contributed by atoms with Crippen LogP contribution in [0.1, 0.15) is 27.5 Å². The van der Waals surface area contributed by atoms with E-state index in [4.69, 9.17) is 11.6 Å². The molecule has 1 amide bonds. The van der Waals surface area contributed by atoms with Crippen molar-refractivity contribution < 1.29 is 4.79 Å². The Balaban J connectivity index is 1.59. The number of likely N-dealkylation sites (tertiary alicyclic amines) is 2. The highest BCUT2D eigenvalue weighted by atomic mass is 35.5. The van der Waals surface area contributed by atoms with Gasteiger partial charge in [0.2, 0.25) is 0 Å². The maximum Gasteiger partial charge on any atom is 0.256 e. The summed E-state index contributed by atoms with van der Waals surface area (Å²) >= 11 is 6.15. The number of aryl methyl sites for hydroxylation is 1. The third-order valence-electron chi connectivity index (χ3n) is 6.17. The number of amides is 1. The van der Waals surface area contributed by atoms with Crippen LogP contribution in [0.15, 0.2) is 42.5 Å². The minimum Gasteiger partial charge on any atom is -0.387 e. The van der Waals surface area contributed by atoms with Crippen molar-refractivity contribution >= 4 is 23.2 Å². The van der Waals surface area contributed by atoms with Crippen molar-refractivity contribution in [3.05, 3.63) is 64.2 Å². The lowest BCUT2D eigenvalue weighted by Gasteiger charge is -2.28. The van der Waals surface area contributed by atoms with E-state index in [0.29, 0.717) is 28.5 Å². The molecule has 2 saturated heterocycles. The number of benzene rings is 2. The average molecular weight is 384 g/mol. The predicted molar refractivity (Wildman–Crippen MR) is 110 cm³/mol. The van der Waals surface area contributed by atoms with Gasteiger partial charge in [-0.1, -0.05) is 35.9 Å². The van der Waals surface area contributed by atoms with Crippen LogP contribution in [0, 0.1) is 18.8 Å². The second kappa shape index (κ2) is 7.17. The van der Waals surface area contributed by atoms with Crippen LogP contribution in [0.3, 0.4) is 0 Å². The number of nitrogens with zero attached hydrogens (tertiary/aromatic N) is 2. The summed E-state index contributed by atoms with van der Waals surface area (Å²) in [6.07, 6.45) is 0. The van der Waals surface area contributed by atoms with E-state index < -0.39 is 0 Å². The molecule has 0 spiro atoms. The second-order valence-corrected chi connectivity index (χ2v) is 8.25. The number of halogens is 1. The van der Waals surface area contributed by atoms with Gasteiger partial charge in [-0.15, -0.1) is 0 Å². The van der Waals surface area contributed by atoms with E-state index in [1.54, 1.807) is 6.07 Å². The molecule has 2 aliphatic heterocycles. The Morgan fingerprint density at radius 3 is 2.67 bits per heavy atom. The monoisotopic (exact) mass is 383 g/mol. The molecule has 2 aromatic rings. The summed E-state index contributed by atoms with van der Waals surface area (Å²) in [4.78, 5) is 17.7. The number of fused-ring (bicyclic) bond motifs is 1. The summed E-state index contributed by atoms with van der Waals surface area (Å²) < 4.78 is 0. The molecule has 142 valence electrons. The fourth-order valence-corrected chi connectivity index (χ4v) is 5.06. The number of rotatable bonds is 3. The van der Waals surface area contributed by atoms with Gasteiger partial charge in [0.05, 0.1) is 5.56 Å². The largest absolute Gasteiger partial charge is 0.387 e. The first-order valence-corrected chi connectivity index (χ1v) is 9.89. The highest BCUT2D eigenvalue weighted by Crippen LogP contribution is 2.45. The Morgan fingerprint density at radius 2 is 1.93 bits per heavy atom. The fourth-order valence-electron chi connectivity index (χ4n) is 4.89.